The lowest BCUT2D eigenvalue weighted by atomic mass is 9.64. The Bertz CT molecular complexity index is 631. The zero-order valence-corrected chi connectivity index (χ0v) is 23.2. The summed E-state index contributed by atoms with van der Waals surface area (Å²) in [4.78, 5) is 14.5. The highest BCUT2D eigenvalue weighted by molar-refractivity contribution is 6.74. The van der Waals surface area contributed by atoms with E-state index in [0.717, 1.165) is 0 Å². The SMILES string of the molecule is CCCCCC[C@@H]1C[C@H](O[Si](C)(C)C(C)(C)C)[C@@H]2CCCC[C@]23CC[C@H](COC(C)=O)N13. The van der Waals surface area contributed by atoms with Gasteiger partial charge in [-0.2, -0.15) is 0 Å². The van der Waals surface area contributed by atoms with Gasteiger partial charge in [-0.05, 0) is 56.7 Å². The quantitative estimate of drug-likeness (QED) is 0.207. The van der Waals surface area contributed by atoms with Gasteiger partial charge in [-0.25, -0.2) is 0 Å². The molecule has 2 saturated heterocycles. The third-order valence-electron chi connectivity index (χ3n) is 9.35. The third kappa shape index (κ3) is 5.46. The average Bonchev–Trinajstić information content (AvgIpc) is 3.07. The van der Waals surface area contributed by atoms with E-state index < -0.39 is 8.32 Å². The van der Waals surface area contributed by atoms with Crippen molar-refractivity contribution in [1.82, 2.24) is 4.90 Å². The highest BCUT2D eigenvalue weighted by Gasteiger charge is 2.60. The van der Waals surface area contributed by atoms with Crippen molar-refractivity contribution in [3.05, 3.63) is 0 Å². The number of rotatable bonds is 9. The number of ether oxygens (including phenoxy) is 1. The fourth-order valence-corrected chi connectivity index (χ4v) is 8.17. The molecule has 0 radical (unpaired) electrons. The Morgan fingerprint density at radius 2 is 1.81 bits per heavy atom. The van der Waals surface area contributed by atoms with Crippen LogP contribution in [0.15, 0.2) is 0 Å². The molecule has 0 aromatic carbocycles. The Labute approximate surface area is 199 Å². The highest BCUT2D eigenvalue weighted by atomic mass is 28.4. The van der Waals surface area contributed by atoms with E-state index in [2.05, 4.69) is 45.7 Å². The first-order valence-electron chi connectivity index (χ1n) is 13.6. The Hall–Kier alpha value is -0.393. The first-order valence-corrected chi connectivity index (χ1v) is 16.5. The van der Waals surface area contributed by atoms with Gasteiger partial charge in [0.1, 0.15) is 6.61 Å². The molecule has 0 aromatic rings. The molecule has 1 spiro atoms. The van der Waals surface area contributed by atoms with E-state index in [1.165, 1.54) is 77.0 Å². The van der Waals surface area contributed by atoms with Crippen LogP contribution in [0.3, 0.4) is 0 Å². The van der Waals surface area contributed by atoms with Gasteiger partial charge in [-0.15, -0.1) is 0 Å². The Morgan fingerprint density at radius 3 is 2.47 bits per heavy atom. The van der Waals surface area contributed by atoms with Crippen LogP contribution < -0.4 is 0 Å². The third-order valence-corrected chi connectivity index (χ3v) is 13.9. The van der Waals surface area contributed by atoms with Crippen LogP contribution in [-0.4, -0.2) is 49.5 Å². The number of esters is 1. The molecule has 0 aromatic heterocycles. The van der Waals surface area contributed by atoms with Crippen molar-refractivity contribution in [3.63, 3.8) is 0 Å². The van der Waals surface area contributed by atoms with Crippen molar-refractivity contribution in [2.24, 2.45) is 5.92 Å². The molecule has 0 amide bonds. The largest absolute Gasteiger partial charge is 0.464 e. The molecule has 32 heavy (non-hydrogen) atoms. The zero-order valence-electron chi connectivity index (χ0n) is 22.2. The predicted molar refractivity (Wildman–Crippen MR) is 135 cm³/mol. The lowest BCUT2D eigenvalue weighted by Gasteiger charge is -2.60. The van der Waals surface area contributed by atoms with Crippen LogP contribution in [0.4, 0.5) is 0 Å². The molecule has 3 rings (SSSR count). The minimum absolute atomic E-state index is 0.137. The van der Waals surface area contributed by atoms with E-state index >= 15 is 0 Å². The first-order chi connectivity index (χ1) is 15.0. The molecule has 3 fully saturated rings. The number of hydrogen-bond acceptors (Lipinski definition) is 4. The summed E-state index contributed by atoms with van der Waals surface area (Å²) in [5.41, 5.74) is 0.268. The van der Waals surface area contributed by atoms with Crippen molar-refractivity contribution in [3.8, 4) is 0 Å². The van der Waals surface area contributed by atoms with Crippen LogP contribution in [-0.2, 0) is 14.0 Å². The number of hydrogen-bond donors (Lipinski definition) is 0. The summed E-state index contributed by atoms with van der Waals surface area (Å²) in [6.45, 7) is 16.4. The van der Waals surface area contributed by atoms with E-state index in [1.54, 1.807) is 6.92 Å². The van der Waals surface area contributed by atoms with Crippen LogP contribution in [0, 0.1) is 5.92 Å². The van der Waals surface area contributed by atoms with Crippen LogP contribution in [0.25, 0.3) is 0 Å². The van der Waals surface area contributed by atoms with Gasteiger partial charge >= 0.3 is 5.97 Å². The summed E-state index contributed by atoms with van der Waals surface area (Å²) in [6.07, 6.45) is 15.8. The van der Waals surface area contributed by atoms with Crippen LogP contribution >= 0.6 is 0 Å². The summed E-state index contributed by atoms with van der Waals surface area (Å²) in [5.74, 6) is 0.501. The van der Waals surface area contributed by atoms with Gasteiger partial charge in [0.2, 0.25) is 0 Å². The normalized spacial score (nSPS) is 33.6. The van der Waals surface area contributed by atoms with E-state index in [9.17, 15) is 4.79 Å². The smallest absolute Gasteiger partial charge is 0.302 e. The molecule has 3 aliphatic rings. The maximum absolute atomic E-state index is 11.6. The fraction of sp³-hybridized carbons (Fsp3) is 0.963. The van der Waals surface area contributed by atoms with Gasteiger partial charge in [0.25, 0.3) is 0 Å². The van der Waals surface area contributed by atoms with Gasteiger partial charge in [0, 0.05) is 30.5 Å². The van der Waals surface area contributed by atoms with Crippen LogP contribution in [0.5, 0.6) is 0 Å². The summed E-state index contributed by atoms with van der Waals surface area (Å²) in [6, 6.07) is 0.962. The second-order valence-corrected chi connectivity index (χ2v) is 17.3. The van der Waals surface area contributed by atoms with E-state index in [-0.39, 0.29) is 16.5 Å². The molecule has 186 valence electrons. The Balaban J connectivity index is 1.88. The van der Waals surface area contributed by atoms with Gasteiger partial charge < -0.3 is 9.16 Å². The minimum atomic E-state index is -1.82. The van der Waals surface area contributed by atoms with E-state index in [0.29, 0.717) is 30.7 Å². The fourth-order valence-electron chi connectivity index (χ4n) is 6.79. The molecular weight excluding hydrogens is 414 g/mol. The van der Waals surface area contributed by atoms with Crippen LogP contribution in [0.1, 0.15) is 112 Å². The van der Waals surface area contributed by atoms with Gasteiger partial charge in [0.05, 0.1) is 6.10 Å². The number of piperidine rings is 1. The van der Waals surface area contributed by atoms with Gasteiger partial charge in [0.15, 0.2) is 8.32 Å². The van der Waals surface area contributed by atoms with E-state index in [1.807, 2.05) is 0 Å². The lowest BCUT2D eigenvalue weighted by molar-refractivity contribution is -0.149. The molecule has 5 heteroatoms. The van der Waals surface area contributed by atoms with Crippen molar-refractivity contribution in [2.75, 3.05) is 6.61 Å². The van der Waals surface area contributed by atoms with Crippen molar-refractivity contribution in [1.29, 1.82) is 0 Å². The molecular formula is C27H51NO3Si. The summed E-state index contributed by atoms with van der Waals surface area (Å²) < 4.78 is 12.8. The molecule has 5 atom stereocenters. The second-order valence-electron chi connectivity index (χ2n) is 12.5. The first kappa shape index (κ1) is 26.2. The average molecular weight is 466 g/mol. The van der Waals surface area contributed by atoms with Gasteiger partial charge in [-0.3, -0.25) is 9.69 Å². The van der Waals surface area contributed by atoms with Crippen molar-refractivity contribution in [2.45, 2.75) is 154 Å². The number of carbonyl (C=O) groups is 1. The Morgan fingerprint density at radius 1 is 1.06 bits per heavy atom. The second kappa shape index (κ2) is 10.5. The van der Waals surface area contributed by atoms with Crippen molar-refractivity contribution >= 4 is 14.3 Å². The van der Waals surface area contributed by atoms with Gasteiger partial charge in [-0.1, -0.05) is 66.2 Å². The maximum atomic E-state index is 11.6. The standard InChI is InChI=1S/C27H51NO3Si/c1-8-9-10-11-14-22-19-25(31-32(6,7)26(3,4)5)24-15-12-13-17-27(24)18-16-23(28(22)27)20-30-21(2)29/h22-25H,8-20H2,1-7H3/t22-,23-,24+,25+,27+/m1/s1. The highest BCUT2D eigenvalue weighted by Crippen LogP contribution is 2.56. The summed E-state index contributed by atoms with van der Waals surface area (Å²) >= 11 is 0. The van der Waals surface area contributed by atoms with E-state index in [4.69, 9.17) is 9.16 Å². The molecule has 1 aliphatic carbocycles. The molecule has 0 bridgehead atoms. The summed E-state index contributed by atoms with van der Waals surface area (Å²) in [7, 11) is -1.82. The molecule has 0 N–H and O–H groups in total. The number of nitrogens with zero attached hydrogens (tertiary/aromatic N) is 1. The predicted octanol–water partition coefficient (Wildman–Crippen LogP) is 7.08. The Kier molecular flexibility index (Phi) is 8.58. The minimum Gasteiger partial charge on any atom is -0.464 e. The molecule has 4 nitrogen and oxygen atoms in total. The summed E-state index contributed by atoms with van der Waals surface area (Å²) in [5, 5.41) is 0.246. The number of carbonyl (C=O) groups excluding carboxylic acids is 1. The molecule has 2 aliphatic heterocycles. The monoisotopic (exact) mass is 465 g/mol. The van der Waals surface area contributed by atoms with Crippen molar-refractivity contribution < 1.29 is 14.0 Å². The van der Waals surface area contributed by atoms with Crippen LogP contribution in [0.2, 0.25) is 18.1 Å². The topological polar surface area (TPSA) is 38.8 Å². The zero-order chi connectivity index (χ0) is 23.6. The maximum Gasteiger partial charge on any atom is 0.302 e. The molecule has 2 heterocycles. The lowest BCUT2D eigenvalue weighted by Crippen LogP contribution is -2.67. The molecule has 0 unspecified atom stereocenters. The molecule has 1 saturated carbocycles. The number of unbranched alkanes of at least 4 members (excludes halogenated alkanes) is 3.